The number of ether oxygens (including phenoxy) is 2. The Kier molecular flexibility index (Phi) is 5.05. The average Bonchev–Trinajstić information content (AvgIpc) is 2.63. The van der Waals surface area contributed by atoms with Gasteiger partial charge in [0.25, 0.3) is 0 Å². The van der Waals surface area contributed by atoms with Gasteiger partial charge in [0.15, 0.2) is 6.10 Å². The zero-order chi connectivity index (χ0) is 16.8. The molecule has 2 aromatic carbocycles. The van der Waals surface area contributed by atoms with Crippen LogP contribution in [0.4, 0.5) is 0 Å². The van der Waals surface area contributed by atoms with Crippen molar-refractivity contribution in [3.8, 4) is 11.8 Å². The SMILES string of the molecule is CC(Oc1ccccc1)C(C#N)OCc1ccc2ccccc2n1. The van der Waals surface area contributed by atoms with E-state index in [0.29, 0.717) is 0 Å². The lowest BCUT2D eigenvalue weighted by Gasteiger charge is -2.19. The van der Waals surface area contributed by atoms with Crippen LogP contribution in [0.15, 0.2) is 66.7 Å². The molecule has 24 heavy (non-hydrogen) atoms. The summed E-state index contributed by atoms with van der Waals surface area (Å²) >= 11 is 0. The van der Waals surface area contributed by atoms with Gasteiger partial charge in [-0.15, -0.1) is 0 Å². The highest BCUT2D eigenvalue weighted by Crippen LogP contribution is 2.16. The van der Waals surface area contributed by atoms with Crippen LogP contribution < -0.4 is 4.74 Å². The Morgan fingerprint density at radius 2 is 1.75 bits per heavy atom. The molecular formula is C20H18N2O2. The molecule has 4 nitrogen and oxygen atoms in total. The van der Waals surface area contributed by atoms with E-state index in [9.17, 15) is 5.26 Å². The van der Waals surface area contributed by atoms with Gasteiger partial charge in [0, 0.05) is 5.39 Å². The van der Waals surface area contributed by atoms with Crippen LogP contribution in [0, 0.1) is 11.3 Å². The second-order valence-corrected chi connectivity index (χ2v) is 5.49. The van der Waals surface area contributed by atoms with E-state index in [1.165, 1.54) is 0 Å². The average molecular weight is 318 g/mol. The minimum Gasteiger partial charge on any atom is -0.487 e. The summed E-state index contributed by atoms with van der Waals surface area (Å²) in [6, 6.07) is 23.4. The molecule has 2 unspecified atom stereocenters. The number of rotatable bonds is 6. The second-order valence-electron chi connectivity index (χ2n) is 5.49. The maximum atomic E-state index is 9.35. The maximum Gasteiger partial charge on any atom is 0.180 e. The molecule has 0 aliphatic rings. The molecule has 1 aromatic heterocycles. The first-order valence-electron chi connectivity index (χ1n) is 7.84. The van der Waals surface area contributed by atoms with Crippen LogP contribution in [0.1, 0.15) is 12.6 Å². The number of aromatic nitrogens is 1. The molecule has 3 aromatic rings. The van der Waals surface area contributed by atoms with Crippen molar-refractivity contribution in [2.24, 2.45) is 0 Å². The van der Waals surface area contributed by atoms with E-state index in [-0.39, 0.29) is 12.7 Å². The van der Waals surface area contributed by atoms with Crippen LogP contribution in [0.5, 0.6) is 5.75 Å². The molecule has 0 spiro atoms. The lowest BCUT2D eigenvalue weighted by molar-refractivity contribution is 0.00408. The van der Waals surface area contributed by atoms with E-state index < -0.39 is 6.10 Å². The van der Waals surface area contributed by atoms with Gasteiger partial charge in [-0.25, -0.2) is 0 Å². The molecule has 0 saturated heterocycles. The molecular weight excluding hydrogens is 300 g/mol. The molecule has 3 rings (SSSR count). The first-order valence-corrected chi connectivity index (χ1v) is 7.84. The van der Waals surface area contributed by atoms with Crippen molar-refractivity contribution < 1.29 is 9.47 Å². The van der Waals surface area contributed by atoms with Gasteiger partial charge in [0.1, 0.15) is 11.9 Å². The second kappa shape index (κ2) is 7.58. The minimum atomic E-state index is -0.668. The first kappa shape index (κ1) is 16.0. The smallest absolute Gasteiger partial charge is 0.180 e. The number of nitrogens with zero attached hydrogens (tertiary/aromatic N) is 2. The van der Waals surface area contributed by atoms with Crippen LogP contribution >= 0.6 is 0 Å². The third kappa shape index (κ3) is 3.89. The van der Waals surface area contributed by atoms with Crippen molar-refractivity contribution >= 4 is 10.9 Å². The van der Waals surface area contributed by atoms with E-state index in [2.05, 4.69) is 11.1 Å². The minimum absolute atomic E-state index is 0.269. The Hall–Kier alpha value is -2.90. The zero-order valence-electron chi connectivity index (χ0n) is 13.4. The third-order valence-corrected chi connectivity index (χ3v) is 3.69. The van der Waals surface area contributed by atoms with Gasteiger partial charge in [-0.2, -0.15) is 5.26 Å². The fourth-order valence-electron chi connectivity index (χ4n) is 2.42. The van der Waals surface area contributed by atoms with Crippen LogP contribution in [0.25, 0.3) is 10.9 Å². The highest BCUT2D eigenvalue weighted by molar-refractivity contribution is 5.78. The normalized spacial score (nSPS) is 13.2. The summed E-state index contributed by atoms with van der Waals surface area (Å²) in [7, 11) is 0. The number of para-hydroxylation sites is 2. The summed E-state index contributed by atoms with van der Waals surface area (Å²) in [5, 5.41) is 10.4. The van der Waals surface area contributed by atoms with Gasteiger partial charge in [0.05, 0.1) is 23.9 Å². The quantitative estimate of drug-likeness (QED) is 0.686. The van der Waals surface area contributed by atoms with Crippen molar-refractivity contribution in [2.45, 2.75) is 25.7 Å². The summed E-state index contributed by atoms with van der Waals surface area (Å²) in [5.41, 5.74) is 1.71. The van der Waals surface area contributed by atoms with Crippen molar-refractivity contribution in [1.29, 1.82) is 5.26 Å². The number of fused-ring (bicyclic) bond motifs is 1. The lowest BCUT2D eigenvalue weighted by Crippen LogP contribution is -2.30. The summed E-state index contributed by atoms with van der Waals surface area (Å²) in [5.74, 6) is 0.720. The van der Waals surface area contributed by atoms with Gasteiger partial charge in [-0.3, -0.25) is 4.98 Å². The molecule has 0 amide bonds. The van der Waals surface area contributed by atoms with Crippen molar-refractivity contribution in [3.05, 3.63) is 72.4 Å². The van der Waals surface area contributed by atoms with E-state index in [0.717, 1.165) is 22.3 Å². The molecule has 120 valence electrons. The summed E-state index contributed by atoms with van der Waals surface area (Å²) in [4.78, 5) is 4.55. The van der Waals surface area contributed by atoms with Crippen molar-refractivity contribution in [3.63, 3.8) is 0 Å². The van der Waals surface area contributed by atoms with Crippen molar-refractivity contribution in [2.75, 3.05) is 0 Å². The number of hydrogen-bond donors (Lipinski definition) is 0. The summed E-state index contributed by atoms with van der Waals surface area (Å²) in [6.45, 7) is 2.10. The molecule has 0 bridgehead atoms. The van der Waals surface area contributed by atoms with Gasteiger partial charge in [-0.05, 0) is 31.2 Å². The lowest BCUT2D eigenvalue weighted by atomic mass is 10.2. The molecule has 2 atom stereocenters. The highest BCUT2D eigenvalue weighted by atomic mass is 16.5. The Labute approximate surface area is 141 Å². The number of hydrogen-bond acceptors (Lipinski definition) is 4. The van der Waals surface area contributed by atoms with Gasteiger partial charge in [0.2, 0.25) is 0 Å². The van der Waals surface area contributed by atoms with E-state index in [4.69, 9.17) is 9.47 Å². The van der Waals surface area contributed by atoms with E-state index >= 15 is 0 Å². The molecule has 0 N–H and O–H groups in total. The maximum absolute atomic E-state index is 9.35. The molecule has 0 fully saturated rings. The Morgan fingerprint density at radius 1 is 1.00 bits per heavy atom. The molecule has 0 aliphatic heterocycles. The predicted octanol–water partition coefficient (Wildman–Crippen LogP) is 4.11. The molecule has 0 aliphatic carbocycles. The van der Waals surface area contributed by atoms with Gasteiger partial charge >= 0.3 is 0 Å². The van der Waals surface area contributed by atoms with Gasteiger partial charge < -0.3 is 9.47 Å². The largest absolute Gasteiger partial charge is 0.487 e. The number of benzene rings is 2. The predicted molar refractivity (Wildman–Crippen MR) is 92.5 cm³/mol. The third-order valence-electron chi connectivity index (χ3n) is 3.69. The summed E-state index contributed by atoms with van der Waals surface area (Å²) < 4.78 is 11.5. The molecule has 4 heteroatoms. The van der Waals surface area contributed by atoms with E-state index in [1.54, 1.807) is 0 Å². The highest BCUT2D eigenvalue weighted by Gasteiger charge is 2.19. The van der Waals surface area contributed by atoms with Crippen LogP contribution in [0.2, 0.25) is 0 Å². The summed E-state index contributed by atoms with van der Waals surface area (Å²) in [6.07, 6.45) is -1.05. The molecule has 1 heterocycles. The molecule has 0 radical (unpaired) electrons. The van der Waals surface area contributed by atoms with Crippen LogP contribution in [-0.2, 0) is 11.3 Å². The fraction of sp³-hybridized carbons (Fsp3) is 0.200. The molecule has 0 saturated carbocycles. The Balaban J connectivity index is 1.63. The fourth-order valence-corrected chi connectivity index (χ4v) is 2.42. The zero-order valence-corrected chi connectivity index (χ0v) is 13.4. The van der Waals surface area contributed by atoms with Gasteiger partial charge in [-0.1, -0.05) is 42.5 Å². The number of nitriles is 1. The standard InChI is InChI=1S/C20H18N2O2/c1-15(24-18-8-3-2-4-9-18)20(13-21)23-14-17-12-11-16-7-5-6-10-19(16)22-17/h2-12,15,20H,14H2,1H3. The Bertz CT molecular complexity index is 843. The topological polar surface area (TPSA) is 55.1 Å². The Morgan fingerprint density at radius 3 is 2.54 bits per heavy atom. The first-order chi connectivity index (χ1) is 11.8. The number of pyridine rings is 1. The van der Waals surface area contributed by atoms with E-state index in [1.807, 2.05) is 73.7 Å². The van der Waals surface area contributed by atoms with Crippen LogP contribution in [0.3, 0.4) is 0 Å². The van der Waals surface area contributed by atoms with Crippen molar-refractivity contribution in [1.82, 2.24) is 4.98 Å². The monoisotopic (exact) mass is 318 g/mol. The van der Waals surface area contributed by atoms with Crippen LogP contribution in [-0.4, -0.2) is 17.2 Å².